The van der Waals surface area contributed by atoms with E-state index in [1.165, 1.54) is 5.56 Å². The van der Waals surface area contributed by atoms with Gasteiger partial charge in [-0.1, -0.05) is 12.1 Å². The van der Waals surface area contributed by atoms with Crippen molar-refractivity contribution in [1.82, 2.24) is 14.7 Å². The number of piperidine rings is 1. The van der Waals surface area contributed by atoms with Gasteiger partial charge in [0.25, 0.3) is 5.91 Å². The molecule has 3 aliphatic heterocycles. The van der Waals surface area contributed by atoms with Crippen LogP contribution in [-0.4, -0.2) is 86.2 Å². The van der Waals surface area contributed by atoms with E-state index in [1.807, 2.05) is 17.0 Å². The second-order valence-electron chi connectivity index (χ2n) is 8.16. The van der Waals surface area contributed by atoms with E-state index in [0.717, 1.165) is 64.4 Å². The van der Waals surface area contributed by atoms with E-state index in [2.05, 4.69) is 29.0 Å². The van der Waals surface area contributed by atoms with Gasteiger partial charge in [0.2, 0.25) is 0 Å². The smallest absolute Gasteiger partial charge is 0.251 e. The maximum atomic E-state index is 12.8. The van der Waals surface area contributed by atoms with Gasteiger partial charge in [0.05, 0.1) is 13.2 Å². The molecule has 1 amide bonds. The average molecular weight is 373 g/mol. The molecule has 0 bridgehead atoms. The number of amides is 1. The number of rotatable bonds is 4. The maximum Gasteiger partial charge on any atom is 0.251 e. The fourth-order valence-corrected chi connectivity index (χ4v) is 4.56. The van der Waals surface area contributed by atoms with Crippen LogP contribution < -0.4 is 4.74 Å². The van der Waals surface area contributed by atoms with E-state index < -0.39 is 0 Å². The van der Waals surface area contributed by atoms with Crippen LogP contribution in [0, 0.1) is 5.92 Å². The van der Waals surface area contributed by atoms with E-state index >= 15 is 0 Å². The number of carbonyl (C=O) groups excluding carboxylic acids is 1. The molecule has 4 rings (SSSR count). The van der Waals surface area contributed by atoms with Crippen LogP contribution in [0.4, 0.5) is 0 Å². The Morgan fingerprint density at radius 2 is 2.04 bits per heavy atom. The quantitative estimate of drug-likeness (QED) is 0.799. The van der Waals surface area contributed by atoms with Crippen molar-refractivity contribution in [3.8, 4) is 5.75 Å². The molecular weight excluding hydrogens is 342 g/mol. The van der Waals surface area contributed by atoms with Gasteiger partial charge in [-0.05, 0) is 50.0 Å². The fourth-order valence-electron chi connectivity index (χ4n) is 4.56. The predicted molar refractivity (Wildman–Crippen MR) is 104 cm³/mol. The van der Waals surface area contributed by atoms with E-state index in [4.69, 9.17) is 9.47 Å². The molecule has 0 N–H and O–H groups in total. The second-order valence-corrected chi connectivity index (χ2v) is 8.16. The number of likely N-dealkylation sites (N-methyl/N-ethyl adjacent to an activating group) is 1. The Morgan fingerprint density at radius 1 is 1.22 bits per heavy atom. The largest absolute Gasteiger partial charge is 0.497 e. The van der Waals surface area contributed by atoms with Crippen LogP contribution in [0.5, 0.6) is 5.75 Å². The Balaban J connectivity index is 1.32. The summed E-state index contributed by atoms with van der Waals surface area (Å²) in [7, 11) is 3.81. The number of hydrogen-bond acceptors (Lipinski definition) is 5. The number of carbonyl (C=O) groups is 1. The van der Waals surface area contributed by atoms with Crippen molar-refractivity contribution in [3.05, 3.63) is 29.8 Å². The van der Waals surface area contributed by atoms with Gasteiger partial charge in [0, 0.05) is 39.3 Å². The lowest BCUT2D eigenvalue weighted by Gasteiger charge is -2.34. The lowest BCUT2D eigenvalue weighted by atomic mass is 9.91. The summed E-state index contributed by atoms with van der Waals surface area (Å²) in [6, 6.07) is 8.26. The topological polar surface area (TPSA) is 45.2 Å². The van der Waals surface area contributed by atoms with Crippen molar-refractivity contribution in [3.63, 3.8) is 0 Å². The zero-order chi connectivity index (χ0) is 18.8. The first-order valence-corrected chi connectivity index (χ1v) is 10.1. The standard InChI is InChI=1S/C21H31N3O3/c1-22-8-10-24(11-9-22)21(25)19-13-17-6-7-23(15-20(17)27-19)14-16-4-3-5-18(12-16)26-2/h3-5,12,17,19-20H,6-11,13-15H2,1-2H3/t17-,19-,20+/m0/s1. The molecule has 3 fully saturated rings. The molecular formula is C21H31N3O3. The molecule has 0 unspecified atom stereocenters. The SMILES string of the molecule is COc1cccc(CN2CC[C@H]3C[C@@H](C(=O)N4CCN(C)CC4)O[C@@H]3C2)c1. The minimum absolute atomic E-state index is 0.186. The summed E-state index contributed by atoms with van der Waals surface area (Å²) in [6.45, 7) is 6.45. The van der Waals surface area contributed by atoms with Gasteiger partial charge in [-0.3, -0.25) is 9.69 Å². The van der Waals surface area contributed by atoms with Gasteiger partial charge < -0.3 is 19.3 Å². The Morgan fingerprint density at radius 3 is 2.81 bits per heavy atom. The molecule has 6 heteroatoms. The first kappa shape index (κ1) is 18.7. The van der Waals surface area contributed by atoms with Gasteiger partial charge in [0.15, 0.2) is 0 Å². The molecule has 1 aromatic carbocycles. The lowest BCUT2D eigenvalue weighted by Crippen LogP contribution is -2.50. The number of nitrogens with zero attached hydrogens (tertiary/aromatic N) is 3. The number of ether oxygens (including phenoxy) is 2. The summed E-state index contributed by atoms with van der Waals surface area (Å²) in [5.41, 5.74) is 1.26. The highest BCUT2D eigenvalue weighted by molar-refractivity contribution is 5.81. The zero-order valence-corrected chi connectivity index (χ0v) is 16.5. The van der Waals surface area contributed by atoms with Crippen LogP contribution in [0.25, 0.3) is 0 Å². The molecule has 3 aliphatic rings. The summed E-state index contributed by atoms with van der Waals surface area (Å²) in [5.74, 6) is 1.63. The molecule has 3 heterocycles. The Labute approximate surface area is 162 Å². The number of likely N-dealkylation sites (tertiary alicyclic amines) is 1. The highest BCUT2D eigenvalue weighted by atomic mass is 16.5. The van der Waals surface area contributed by atoms with Crippen molar-refractivity contribution in [2.75, 3.05) is 53.4 Å². The van der Waals surface area contributed by atoms with E-state index in [1.54, 1.807) is 7.11 Å². The molecule has 27 heavy (non-hydrogen) atoms. The first-order chi connectivity index (χ1) is 13.1. The average Bonchev–Trinajstić information content (AvgIpc) is 3.11. The number of fused-ring (bicyclic) bond motifs is 1. The molecule has 0 spiro atoms. The molecule has 0 saturated carbocycles. The molecule has 3 atom stereocenters. The monoisotopic (exact) mass is 373 g/mol. The van der Waals surface area contributed by atoms with Crippen molar-refractivity contribution in [1.29, 1.82) is 0 Å². The minimum Gasteiger partial charge on any atom is -0.497 e. The highest BCUT2D eigenvalue weighted by Gasteiger charge is 2.43. The summed E-state index contributed by atoms with van der Waals surface area (Å²) in [6.07, 6.45) is 1.95. The summed E-state index contributed by atoms with van der Waals surface area (Å²) in [4.78, 5) is 19.6. The molecule has 0 radical (unpaired) electrons. The minimum atomic E-state index is -0.236. The Kier molecular flexibility index (Phi) is 5.66. The van der Waals surface area contributed by atoms with Crippen molar-refractivity contribution < 1.29 is 14.3 Å². The van der Waals surface area contributed by atoms with Gasteiger partial charge in [-0.15, -0.1) is 0 Å². The number of benzene rings is 1. The van der Waals surface area contributed by atoms with E-state index in [0.29, 0.717) is 5.92 Å². The Hall–Kier alpha value is -1.63. The predicted octanol–water partition coefficient (Wildman–Crippen LogP) is 1.45. The maximum absolute atomic E-state index is 12.8. The van der Waals surface area contributed by atoms with Gasteiger partial charge in [-0.2, -0.15) is 0 Å². The number of piperazine rings is 1. The van der Waals surface area contributed by atoms with Crippen molar-refractivity contribution >= 4 is 5.91 Å². The normalized spacial score (nSPS) is 29.6. The van der Waals surface area contributed by atoms with Crippen LogP contribution in [-0.2, 0) is 16.1 Å². The lowest BCUT2D eigenvalue weighted by molar-refractivity contribution is -0.145. The van der Waals surface area contributed by atoms with Crippen molar-refractivity contribution in [2.24, 2.45) is 5.92 Å². The molecule has 1 aromatic rings. The van der Waals surface area contributed by atoms with Gasteiger partial charge in [-0.25, -0.2) is 0 Å². The third kappa shape index (κ3) is 4.28. The number of methoxy groups -OCH3 is 1. The molecule has 0 aromatic heterocycles. The molecule has 0 aliphatic carbocycles. The first-order valence-electron chi connectivity index (χ1n) is 10.1. The molecule has 6 nitrogen and oxygen atoms in total. The highest BCUT2D eigenvalue weighted by Crippen LogP contribution is 2.34. The fraction of sp³-hybridized carbons (Fsp3) is 0.667. The van der Waals surface area contributed by atoms with E-state index in [-0.39, 0.29) is 18.1 Å². The van der Waals surface area contributed by atoms with Gasteiger partial charge >= 0.3 is 0 Å². The van der Waals surface area contributed by atoms with Crippen LogP contribution in [0.1, 0.15) is 18.4 Å². The van der Waals surface area contributed by atoms with Crippen LogP contribution >= 0.6 is 0 Å². The second kappa shape index (κ2) is 8.17. The zero-order valence-electron chi connectivity index (χ0n) is 16.5. The Bertz CT molecular complexity index is 660. The van der Waals surface area contributed by atoms with Crippen LogP contribution in [0.15, 0.2) is 24.3 Å². The van der Waals surface area contributed by atoms with Gasteiger partial charge in [0.1, 0.15) is 11.9 Å². The van der Waals surface area contributed by atoms with E-state index in [9.17, 15) is 4.79 Å². The third-order valence-electron chi connectivity index (χ3n) is 6.27. The van der Waals surface area contributed by atoms with Crippen molar-refractivity contribution in [2.45, 2.75) is 31.6 Å². The molecule has 148 valence electrons. The van der Waals surface area contributed by atoms with Crippen LogP contribution in [0.3, 0.4) is 0 Å². The summed E-state index contributed by atoms with van der Waals surface area (Å²) >= 11 is 0. The summed E-state index contributed by atoms with van der Waals surface area (Å²) in [5, 5.41) is 0. The summed E-state index contributed by atoms with van der Waals surface area (Å²) < 4.78 is 11.6. The number of hydrogen-bond donors (Lipinski definition) is 0. The van der Waals surface area contributed by atoms with Crippen LogP contribution in [0.2, 0.25) is 0 Å². The molecule has 3 saturated heterocycles. The third-order valence-corrected chi connectivity index (χ3v) is 6.27.